The van der Waals surface area contributed by atoms with E-state index < -0.39 is 17.1 Å². The maximum absolute atomic E-state index is 12.5. The monoisotopic (exact) mass is 332 g/mol. The first-order chi connectivity index (χ1) is 11.4. The number of hydrogen-bond donors (Lipinski definition) is 1. The van der Waals surface area contributed by atoms with Crippen molar-refractivity contribution in [3.05, 3.63) is 58.4 Å². The van der Waals surface area contributed by atoms with Crippen molar-refractivity contribution in [2.45, 2.75) is 32.5 Å². The fraction of sp³-hybridized carbons (Fsp3) is 0.375. The molecule has 1 aromatic heterocycles. The lowest BCUT2D eigenvalue weighted by Gasteiger charge is -2.31. The van der Waals surface area contributed by atoms with E-state index in [1.54, 1.807) is 19.1 Å². The van der Waals surface area contributed by atoms with Gasteiger partial charge in [-0.25, -0.2) is 0 Å². The number of carbonyl (C=O) groups excluding carboxylic acids is 1. The molecule has 1 N–H and O–H groups in total. The van der Waals surface area contributed by atoms with Crippen molar-refractivity contribution in [3.63, 3.8) is 0 Å². The molecule has 0 aliphatic heterocycles. The van der Waals surface area contributed by atoms with E-state index in [0.29, 0.717) is 6.54 Å². The Hall–Kier alpha value is -2.74. The minimum atomic E-state index is -0.818. The van der Waals surface area contributed by atoms with Crippen LogP contribution in [0, 0.1) is 10.1 Å². The standard InChI is InChI=1S/C16H20N4O4/c1-3-19(12(2)16(22)13-7-5-4-6-8-13)15(21)11-18-10-14(9-17-18)20(23)24/h4-10,12,16,22H,3,11H2,1-2H3/t12-,16-/m1/s1. The Morgan fingerprint density at radius 2 is 2.08 bits per heavy atom. The molecule has 8 heteroatoms. The maximum atomic E-state index is 12.5. The van der Waals surface area contributed by atoms with Gasteiger partial charge < -0.3 is 10.0 Å². The van der Waals surface area contributed by atoms with Crippen LogP contribution >= 0.6 is 0 Å². The smallest absolute Gasteiger partial charge is 0.307 e. The predicted molar refractivity (Wildman–Crippen MR) is 87.1 cm³/mol. The lowest BCUT2D eigenvalue weighted by atomic mass is 10.0. The summed E-state index contributed by atoms with van der Waals surface area (Å²) in [6.45, 7) is 3.88. The summed E-state index contributed by atoms with van der Waals surface area (Å²) in [4.78, 5) is 24.1. The molecule has 0 bridgehead atoms. The van der Waals surface area contributed by atoms with Crippen molar-refractivity contribution in [3.8, 4) is 0 Å². The molecular formula is C16H20N4O4. The van der Waals surface area contributed by atoms with E-state index in [4.69, 9.17) is 0 Å². The van der Waals surface area contributed by atoms with Crippen molar-refractivity contribution in [2.24, 2.45) is 0 Å². The van der Waals surface area contributed by atoms with Crippen LogP contribution in [0.5, 0.6) is 0 Å². The summed E-state index contributed by atoms with van der Waals surface area (Å²) in [6.07, 6.45) is 1.50. The first-order valence-corrected chi connectivity index (χ1v) is 7.63. The molecule has 24 heavy (non-hydrogen) atoms. The van der Waals surface area contributed by atoms with Gasteiger partial charge in [0.05, 0.1) is 17.1 Å². The van der Waals surface area contributed by atoms with Crippen LogP contribution in [0.2, 0.25) is 0 Å². The number of benzene rings is 1. The molecule has 0 saturated carbocycles. The first-order valence-electron chi connectivity index (χ1n) is 7.63. The number of aromatic nitrogens is 2. The highest BCUT2D eigenvalue weighted by Gasteiger charge is 2.26. The number of likely N-dealkylation sites (N-methyl/N-ethyl adjacent to an activating group) is 1. The largest absolute Gasteiger partial charge is 0.386 e. The van der Waals surface area contributed by atoms with E-state index in [0.717, 1.165) is 11.8 Å². The van der Waals surface area contributed by atoms with E-state index in [2.05, 4.69) is 5.10 Å². The van der Waals surface area contributed by atoms with Gasteiger partial charge in [-0.15, -0.1) is 0 Å². The lowest BCUT2D eigenvalue weighted by molar-refractivity contribution is -0.385. The molecule has 1 amide bonds. The number of aliphatic hydroxyl groups excluding tert-OH is 1. The summed E-state index contributed by atoms with van der Waals surface area (Å²) in [5.74, 6) is -0.266. The Labute approximate surface area is 139 Å². The van der Waals surface area contributed by atoms with Gasteiger partial charge >= 0.3 is 5.69 Å². The number of carbonyl (C=O) groups is 1. The van der Waals surface area contributed by atoms with Crippen molar-refractivity contribution in [1.29, 1.82) is 0 Å². The molecule has 128 valence electrons. The number of nitro groups is 1. The summed E-state index contributed by atoms with van der Waals surface area (Å²) >= 11 is 0. The molecule has 0 aliphatic carbocycles. The van der Waals surface area contributed by atoms with Gasteiger partial charge in [0, 0.05) is 6.54 Å². The molecule has 0 unspecified atom stereocenters. The molecule has 1 aromatic carbocycles. The third-order valence-electron chi connectivity index (χ3n) is 3.88. The summed E-state index contributed by atoms with van der Waals surface area (Å²) in [5.41, 5.74) is 0.564. The molecule has 1 heterocycles. The highest BCUT2D eigenvalue weighted by Crippen LogP contribution is 2.21. The molecule has 2 rings (SSSR count). The average Bonchev–Trinajstić information content (AvgIpc) is 3.04. The second-order valence-electron chi connectivity index (χ2n) is 5.43. The molecule has 0 saturated heterocycles. The van der Waals surface area contributed by atoms with Crippen LogP contribution in [0.15, 0.2) is 42.7 Å². The quantitative estimate of drug-likeness (QED) is 0.615. The Morgan fingerprint density at radius 3 is 2.62 bits per heavy atom. The fourth-order valence-electron chi connectivity index (χ4n) is 2.55. The van der Waals surface area contributed by atoms with E-state index in [9.17, 15) is 20.0 Å². The normalized spacial score (nSPS) is 13.3. The van der Waals surface area contributed by atoms with Gasteiger partial charge in [-0.05, 0) is 19.4 Å². The molecule has 2 atom stereocenters. The number of aliphatic hydroxyl groups is 1. The van der Waals surface area contributed by atoms with E-state index in [1.165, 1.54) is 15.8 Å². The number of rotatable bonds is 7. The van der Waals surface area contributed by atoms with Gasteiger partial charge in [-0.2, -0.15) is 5.10 Å². The van der Waals surface area contributed by atoms with Gasteiger partial charge in [0.25, 0.3) is 0 Å². The number of hydrogen-bond acceptors (Lipinski definition) is 5. The van der Waals surface area contributed by atoms with Gasteiger partial charge in [0.1, 0.15) is 18.9 Å². The van der Waals surface area contributed by atoms with Crippen LogP contribution in [0.1, 0.15) is 25.5 Å². The van der Waals surface area contributed by atoms with Crippen molar-refractivity contribution < 1.29 is 14.8 Å². The molecular weight excluding hydrogens is 312 g/mol. The van der Waals surface area contributed by atoms with Gasteiger partial charge in [0.2, 0.25) is 5.91 Å². The van der Waals surface area contributed by atoms with E-state index >= 15 is 0 Å². The summed E-state index contributed by atoms with van der Waals surface area (Å²) in [7, 11) is 0. The highest BCUT2D eigenvalue weighted by molar-refractivity contribution is 5.76. The second kappa shape index (κ2) is 7.69. The predicted octanol–water partition coefficient (Wildman–Crippen LogP) is 1.76. The SMILES string of the molecule is CCN(C(=O)Cn1cc([N+](=O)[O-])cn1)[C@H](C)[C@@H](O)c1ccccc1. The van der Waals surface area contributed by atoms with Gasteiger partial charge in [-0.1, -0.05) is 30.3 Å². The van der Waals surface area contributed by atoms with Crippen LogP contribution in [-0.4, -0.2) is 43.2 Å². The van der Waals surface area contributed by atoms with Crippen molar-refractivity contribution in [1.82, 2.24) is 14.7 Å². The third kappa shape index (κ3) is 3.96. The van der Waals surface area contributed by atoms with E-state index in [-0.39, 0.29) is 18.1 Å². The van der Waals surface area contributed by atoms with Gasteiger partial charge in [-0.3, -0.25) is 19.6 Å². The van der Waals surface area contributed by atoms with Crippen LogP contribution in [0.4, 0.5) is 5.69 Å². The average molecular weight is 332 g/mol. The zero-order valence-corrected chi connectivity index (χ0v) is 13.6. The fourth-order valence-corrected chi connectivity index (χ4v) is 2.55. The van der Waals surface area contributed by atoms with Crippen LogP contribution in [-0.2, 0) is 11.3 Å². The Kier molecular flexibility index (Phi) is 5.64. The van der Waals surface area contributed by atoms with Crippen LogP contribution in [0.25, 0.3) is 0 Å². The zero-order valence-electron chi connectivity index (χ0n) is 13.6. The Bertz CT molecular complexity index is 701. The van der Waals surface area contributed by atoms with Crippen molar-refractivity contribution >= 4 is 11.6 Å². The molecule has 0 aliphatic rings. The third-order valence-corrected chi connectivity index (χ3v) is 3.88. The van der Waals surface area contributed by atoms with Crippen LogP contribution in [0.3, 0.4) is 0 Å². The van der Waals surface area contributed by atoms with Crippen LogP contribution < -0.4 is 0 Å². The molecule has 8 nitrogen and oxygen atoms in total. The molecule has 2 aromatic rings. The minimum Gasteiger partial charge on any atom is -0.386 e. The Morgan fingerprint density at radius 1 is 1.42 bits per heavy atom. The van der Waals surface area contributed by atoms with Gasteiger partial charge in [0.15, 0.2) is 0 Å². The summed E-state index contributed by atoms with van der Waals surface area (Å²) < 4.78 is 1.23. The molecule has 0 spiro atoms. The first kappa shape index (κ1) is 17.6. The topological polar surface area (TPSA) is 102 Å². The lowest BCUT2D eigenvalue weighted by Crippen LogP contribution is -2.43. The Balaban J connectivity index is 2.08. The number of nitrogens with zero attached hydrogens (tertiary/aromatic N) is 4. The second-order valence-corrected chi connectivity index (χ2v) is 5.43. The van der Waals surface area contributed by atoms with E-state index in [1.807, 2.05) is 25.1 Å². The summed E-state index contributed by atoms with van der Waals surface area (Å²) in [6, 6.07) is 8.68. The number of amides is 1. The molecule has 0 radical (unpaired) electrons. The highest BCUT2D eigenvalue weighted by atomic mass is 16.6. The minimum absolute atomic E-state index is 0.118. The maximum Gasteiger partial charge on any atom is 0.307 e. The van der Waals surface area contributed by atoms with Crippen molar-refractivity contribution in [2.75, 3.05) is 6.54 Å². The summed E-state index contributed by atoms with van der Waals surface area (Å²) in [5, 5.41) is 25.0. The zero-order chi connectivity index (χ0) is 17.7. The molecule has 0 fully saturated rings.